The van der Waals surface area contributed by atoms with Gasteiger partial charge in [0.1, 0.15) is 5.75 Å². The van der Waals surface area contributed by atoms with Gasteiger partial charge < -0.3 is 15.0 Å². The third-order valence-electron chi connectivity index (χ3n) is 5.29. The highest BCUT2D eigenvalue weighted by atomic mass is 16.5. The summed E-state index contributed by atoms with van der Waals surface area (Å²) in [6.07, 6.45) is 4.91. The van der Waals surface area contributed by atoms with Gasteiger partial charge in [-0.1, -0.05) is 6.42 Å². The number of hydrogen-bond acceptors (Lipinski definition) is 5. The van der Waals surface area contributed by atoms with Crippen molar-refractivity contribution in [2.24, 2.45) is 0 Å². The van der Waals surface area contributed by atoms with Crippen LogP contribution in [0, 0.1) is 0 Å². The maximum atomic E-state index is 12.4. The molecule has 2 saturated heterocycles. The van der Waals surface area contributed by atoms with Crippen molar-refractivity contribution in [1.82, 2.24) is 15.1 Å². The van der Waals surface area contributed by atoms with Crippen LogP contribution >= 0.6 is 0 Å². The molecular formula is C20H31N3O2. The Bertz CT molecular complexity index is 532. The topological polar surface area (TPSA) is 44.8 Å². The fraction of sp³-hybridized carbons (Fsp3) is 0.650. The van der Waals surface area contributed by atoms with Gasteiger partial charge in [-0.25, -0.2) is 0 Å². The zero-order valence-electron chi connectivity index (χ0n) is 15.4. The molecule has 2 aliphatic rings. The molecule has 0 aromatic heterocycles. The van der Waals surface area contributed by atoms with Crippen molar-refractivity contribution < 1.29 is 9.53 Å². The minimum Gasteiger partial charge on any atom is -0.494 e. The first-order valence-electron chi connectivity index (χ1n) is 9.61. The van der Waals surface area contributed by atoms with Crippen LogP contribution in [0.4, 0.5) is 0 Å². The van der Waals surface area contributed by atoms with Crippen LogP contribution in [0.2, 0.25) is 0 Å². The van der Waals surface area contributed by atoms with E-state index in [-0.39, 0.29) is 5.78 Å². The van der Waals surface area contributed by atoms with E-state index in [4.69, 9.17) is 4.74 Å². The summed E-state index contributed by atoms with van der Waals surface area (Å²) in [5.74, 6) is 1.05. The molecule has 0 bridgehead atoms. The summed E-state index contributed by atoms with van der Waals surface area (Å²) in [5, 5.41) is 3.54. The van der Waals surface area contributed by atoms with Crippen molar-refractivity contribution >= 4 is 5.78 Å². The van der Waals surface area contributed by atoms with Gasteiger partial charge in [-0.15, -0.1) is 0 Å². The van der Waals surface area contributed by atoms with Crippen LogP contribution in [-0.4, -0.2) is 74.5 Å². The molecule has 1 atom stereocenters. The summed E-state index contributed by atoms with van der Waals surface area (Å²) in [6, 6.07) is 8.23. The quantitative estimate of drug-likeness (QED) is 0.766. The summed E-state index contributed by atoms with van der Waals surface area (Å²) in [5.41, 5.74) is 0.778. The van der Waals surface area contributed by atoms with Gasteiger partial charge in [-0.2, -0.15) is 0 Å². The first-order valence-corrected chi connectivity index (χ1v) is 9.61. The number of piperidine rings is 1. The fourth-order valence-electron chi connectivity index (χ4n) is 3.53. The second-order valence-corrected chi connectivity index (χ2v) is 7.31. The predicted octanol–water partition coefficient (Wildman–Crippen LogP) is 2.03. The summed E-state index contributed by atoms with van der Waals surface area (Å²) >= 11 is 0. The summed E-state index contributed by atoms with van der Waals surface area (Å²) in [4.78, 5) is 17.0. The summed E-state index contributed by atoms with van der Waals surface area (Å²) in [7, 11) is 2.13. The van der Waals surface area contributed by atoms with Crippen molar-refractivity contribution in [2.75, 3.05) is 52.9 Å². The molecule has 1 aromatic carbocycles. The molecule has 0 radical (unpaired) electrons. The Kier molecular flexibility index (Phi) is 6.84. The molecule has 1 unspecified atom stereocenters. The third-order valence-corrected chi connectivity index (χ3v) is 5.29. The van der Waals surface area contributed by atoms with Gasteiger partial charge in [0.05, 0.1) is 13.2 Å². The van der Waals surface area contributed by atoms with Crippen LogP contribution in [0.25, 0.3) is 0 Å². The molecule has 2 heterocycles. The Morgan fingerprint density at radius 3 is 2.60 bits per heavy atom. The number of nitrogens with zero attached hydrogens (tertiary/aromatic N) is 2. The number of nitrogens with one attached hydrogen (secondary N) is 1. The second-order valence-electron chi connectivity index (χ2n) is 7.31. The van der Waals surface area contributed by atoms with E-state index < -0.39 is 0 Å². The number of likely N-dealkylation sites (N-methyl/N-ethyl adjacent to an activating group) is 1. The molecule has 138 valence electrons. The monoisotopic (exact) mass is 345 g/mol. The highest BCUT2D eigenvalue weighted by Crippen LogP contribution is 2.15. The number of rotatable bonds is 7. The zero-order valence-corrected chi connectivity index (χ0v) is 15.4. The average Bonchev–Trinajstić information content (AvgIpc) is 2.65. The first kappa shape index (κ1) is 18.4. The minimum atomic E-state index is 0.197. The molecule has 25 heavy (non-hydrogen) atoms. The number of hydrogen-bond donors (Lipinski definition) is 1. The lowest BCUT2D eigenvalue weighted by atomic mass is 10.0. The second kappa shape index (κ2) is 9.32. The number of carbonyl (C=O) groups is 1. The van der Waals surface area contributed by atoms with Crippen molar-refractivity contribution in [1.29, 1.82) is 0 Å². The number of carbonyl (C=O) groups excluding carboxylic acids is 1. The molecule has 5 nitrogen and oxygen atoms in total. The number of ether oxygens (including phenoxy) is 1. The molecule has 0 aliphatic carbocycles. The maximum absolute atomic E-state index is 12.4. The Morgan fingerprint density at radius 1 is 1.16 bits per heavy atom. The summed E-state index contributed by atoms with van der Waals surface area (Å²) < 4.78 is 5.84. The van der Waals surface area contributed by atoms with Gasteiger partial charge in [0.15, 0.2) is 5.78 Å². The van der Waals surface area contributed by atoms with Gasteiger partial charge in [0.25, 0.3) is 0 Å². The normalized spacial score (nSPS) is 22.7. The van der Waals surface area contributed by atoms with E-state index in [0.717, 1.165) is 57.1 Å². The Balaban J connectivity index is 1.40. The van der Waals surface area contributed by atoms with Crippen LogP contribution in [0.5, 0.6) is 5.75 Å². The number of benzene rings is 1. The number of ketones is 1. The molecular weight excluding hydrogens is 314 g/mol. The third kappa shape index (κ3) is 5.80. The van der Waals surface area contributed by atoms with Gasteiger partial charge in [-0.05, 0) is 57.1 Å². The Labute approximate surface area is 151 Å². The van der Waals surface area contributed by atoms with Crippen molar-refractivity contribution in [3.8, 4) is 5.75 Å². The lowest BCUT2D eigenvalue weighted by molar-refractivity contribution is 0.0876. The van der Waals surface area contributed by atoms with Crippen LogP contribution in [-0.2, 0) is 0 Å². The van der Waals surface area contributed by atoms with E-state index in [0.29, 0.717) is 12.6 Å². The van der Waals surface area contributed by atoms with Crippen LogP contribution in [0.3, 0.4) is 0 Å². The predicted molar refractivity (Wildman–Crippen MR) is 100 cm³/mol. The largest absolute Gasteiger partial charge is 0.494 e. The zero-order chi connectivity index (χ0) is 17.5. The van der Waals surface area contributed by atoms with E-state index >= 15 is 0 Å². The van der Waals surface area contributed by atoms with E-state index in [1.165, 1.54) is 19.3 Å². The first-order chi connectivity index (χ1) is 12.2. The molecule has 0 saturated carbocycles. The number of piperazine rings is 1. The molecule has 2 fully saturated rings. The Hall–Kier alpha value is -1.43. The Morgan fingerprint density at radius 2 is 1.92 bits per heavy atom. The van der Waals surface area contributed by atoms with Gasteiger partial charge in [0, 0.05) is 37.8 Å². The van der Waals surface area contributed by atoms with Crippen LogP contribution in [0.1, 0.15) is 36.0 Å². The highest BCUT2D eigenvalue weighted by Gasteiger charge is 2.17. The number of Topliss-reactive ketones (excluding diaryl/α,β-unsaturated/α-hetero) is 1. The lowest BCUT2D eigenvalue weighted by Crippen LogP contribution is -2.46. The molecule has 1 aromatic rings. The molecule has 0 spiro atoms. The van der Waals surface area contributed by atoms with Crippen molar-refractivity contribution in [3.05, 3.63) is 29.8 Å². The smallest absolute Gasteiger partial charge is 0.176 e. The highest BCUT2D eigenvalue weighted by molar-refractivity contribution is 5.97. The average molecular weight is 345 g/mol. The standard InChI is InChI=1S/C20H31N3O2/c1-22-11-13-23(14-12-22)16-20(24)17-5-7-19(8-6-17)25-15-9-18-4-2-3-10-21-18/h5-8,18,21H,2-4,9-16H2,1H3. The van der Waals surface area contributed by atoms with Gasteiger partial charge >= 0.3 is 0 Å². The molecule has 1 N–H and O–H groups in total. The molecule has 3 rings (SSSR count). The van der Waals surface area contributed by atoms with E-state index in [1.807, 2.05) is 24.3 Å². The van der Waals surface area contributed by atoms with Crippen molar-refractivity contribution in [3.63, 3.8) is 0 Å². The van der Waals surface area contributed by atoms with Crippen LogP contribution in [0.15, 0.2) is 24.3 Å². The lowest BCUT2D eigenvalue weighted by Gasteiger charge is -2.31. The summed E-state index contributed by atoms with van der Waals surface area (Å²) in [6.45, 7) is 6.39. The van der Waals surface area contributed by atoms with Gasteiger partial charge in [-0.3, -0.25) is 9.69 Å². The van der Waals surface area contributed by atoms with E-state index in [2.05, 4.69) is 22.2 Å². The van der Waals surface area contributed by atoms with Crippen molar-refractivity contribution in [2.45, 2.75) is 31.7 Å². The van der Waals surface area contributed by atoms with E-state index in [9.17, 15) is 4.79 Å². The van der Waals surface area contributed by atoms with Crippen LogP contribution < -0.4 is 10.1 Å². The van der Waals surface area contributed by atoms with E-state index in [1.54, 1.807) is 0 Å². The fourth-order valence-corrected chi connectivity index (χ4v) is 3.53. The maximum Gasteiger partial charge on any atom is 0.176 e. The SMILES string of the molecule is CN1CCN(CC(=O)c2ccc(OCCC3CCCCN3)cc2)CC1. The molecule has 2 aliphatic heterocycles. The molecule has 5 heteroatoms. The van der Waals surface area contributed by atoms with Gasteiger partial charge in [0.2, 0.25) is 0 Å². The minimum absolute atomic E-state index is 0.197. The molecule has 0 amide bonds.